The van der Waals surface area contributed by atoms with Crippen LogP contribution in [-0.2, 0) is 9.53 Å². The lowest BCUT2D eigenvalue weighted by Crippen LogP contribution is -2.43. The van der Waals surface area contributed by atoms with Gasteiger partial charge in [-0.15, -0.1) is 0 Å². The number of nitrogens with zero attached hydrogens (tertiary/aromatic N) is 1. The van der Waals surface area contributed by atoms with E-state index in [2.05, 4.69) is 10.2 Å². The SMILES string of the molecule is Cc1ccc(C(=O)[C@H](C)OC(=O)c2ccc3c(c2)NC(=O)[C@@H]2CCCN32)cc1. The maximum Gasteiger partial charge on any atom is 0.338 e. The van der Waals surface area contributed by atoms with Crippen molar-refractivity contribution in [2.45, 2.75) is 38.8 Å². The first-order valence-electron chi connectivity index (χ1n) is 9.47. The van der Waals surface area contributed by atoms with Crippen LogP contribution in [0, 0.1) is 6.92 Å². The number of fused-ring (bicyclic) bond motifs is 3. The van der Waals surface area contributed by atoms with Crippen LogP contribution in [0.25, 0.3) is 0 Å². The molecule has 0 bridgehead atoms. The lowest BCUT2D eigenvalue weighted by molar-refractivity contribution is -0.117. The van der Waals surface area contributed by atoms with Crippen LogP contribution >= 0.6 is 0 Å². The Morgan fingerprint density at radius 1 is 1.14 bits per heavy atom. The summed E-state index contributed by atoms with van der Waals surface area (Å²) >= 11 is 0. The molecule has 1 fully saturated rings. The van der Waals surface area contributed by atoms with Crippen molar-refractivity contribution >= 4 is 29.0 Å². The summed E-state index contributed by atoms with van der Waals surface area (Å²) in [6.45, 7) is 4.34. The Morgan fingerprint density at radius 2 is 1.86 bits per heavy atom. The lowest BCUT2D eigenvalue weighted by atomic mass is 10.1. The van der Waals surface area contributed by atoms with E-state index in [-0.39, 0.29) is 17.7 Å². The number of ketones is 1. The summed E-state index contributed by atoms with van der Waals surface area (Å²) in [6.07, 6.45) is 0.914. The molecule has 6 heteroatoms. The Labute approximate surface area is 163 Å². The number of hydrogen-bond acceptors (Lipinski definition) is 5. The second-order valence-electron chi connectivity index (χ2n) is 7.35. The molecular formula is C22H22N2O4. The van der Waals surface area contributed by atoms with Gasteiger partial charge in [-0.3, -0.25) is 9.59 Å². The smallest absolute Gasteiger partial charge is 0.338 e. The highest BCUT2D eigenvalue weighted by Crippen LogP contribution is 2.37. The van der Waals surface area contributed by atoms with Gasteiger partial charge in [0.2, 0.25) is 11.7 Å². The molecule has 4 rings (SSSR count). The van der Waals surface area contributed by atoms with Gasteiger partial charge in [-0.1, -0.05) is 29.8 Å². The van der Waals surface area contributed by atoms with Gasteiger partial charge < -0.3 is 15.0 Å². The summed E-state index contributed by atoms with van der Waals surface area (Å²) in [5.41, 5.74) is 3.39. The molecular weight excluding hydrogens is 356 g/mol. The number of ether oxygens (including phenoxy) is 1. The van der Waals surface area contributed by atoms with Crippen molar-refractivity contribution in [3.8, 4) is 0 Å². The Bertz CT molecular complexity index is 952. The van der Waals surface area contributed by atoms with Crippen molar-refractivity contribution in [3.63, 3.8) is 0 Å². The molecule has 28 heavy (non-hydrogen) atoms. The Balaban J connectivity index is 1.49. The molecule has 0 saturated carbocycles. The zero-order chi connectivity index (χ0) is 19.8. The zero-order valence-electron chi connectivity index (χ0n) is 15.9. The molecule has 0 spiro atoms. The Kier molecular flexibility index (Phi) is 4.63. The quantitative estimate of drug-likeness (QED) is 0.652. The van der Waals surface area contributed by atoms with Crippen molar-refractivity contribution < 1.29 is 19.1 Å². The van der Waals surface area contributed by atoms with Crippen LogP contribution in [0.2, 0.25) is 0 Å². The highest BCUT2D eigenvalue weighted by molar-refractivity contribution is 6.06. The van der Waals surface area contributed by atoms with Gasteiger partial charge in [0.15, 0.2) is 6.10 Å². The minimum absolute atomic E-state index is 0.0431. The van der Waals surface area contributed by atoms with E-state index in [1.807, 2.05) is 25.1 Å². The first-order valence-corrected chi connectivity index (χ1v) is 9.47. The first kappa shape index (κ1) is 18.2. The summed E-state index contributed by atoms with van der Waals surface area (Å²) in [5.74, 6) is -0.883. The number of hydrogen-bond donors (Lipinski definition) is 1. The number of esters is 1. The second kappa shape index (κ2) is 7.11. The van der Waals surface area contributed by atoms with Crippen LogP contribution in [0.3, 0.4) is 0 Å². The van der Waals surface area contributed by atoms with Gasteiger partial charge in [0.1, 0.15) is 6.04 Å². The number of Topliss-reactive ketones (excluding diaryl/α,β-unsaturated/α-hetero) is 1. The number of rotatable bonds is 4. The van der Waals surface area contributed by atoms with Crippen molar-refractivity contribution in [3.05, 3.63) is 59.2 Å². The minimum atomic E-state index is -0.899. The zero-order valence-corrected chi connectivity index (χ0v) is 15.9. The van der Waals surface area contributed by atoms with Crippen LogP contribution in [0.4, 0.5) is 11.4 Å². The third-order valence-corrected chi connectivity index (χ3v) is 5.34. The van der Waals surface area contributed by atoms with Gasteiger partial charge in [0.25, 0.3) is 0 Å². The normalized spacial score (nSPS) is 18.7. The fraction of sp³-hybridized carbons (Fsp3) is 0.318. The van der Waals surface area contributed by atoms with E-state index in [0.717, 1.165) is 30.6 Å². The largest absolute Gasteiger partial charge is 0.451 e. The number of aryl methyl sites for hydroxylation is 1. The van der Waals surface area contributed by atoms with Crippen LogP contribution in [0.15, 0.2) is 42.5 Å². The van der Waals surface area contributed by atoms with Crippen molar-refractivity contribution in [1.82, 2.24) is 0 Å². The van der Waals surface area contributed by atoms with Gasteiger partial charge in [0, 0.05) is 12.1 Å². The molecule has 0 radical (unpaired) electrons. The number of amides is 1. The fourth-order valence-corrected chi connectivity index (χ4v) is 3.79. The number of benzene rings is 2. The first-order chi connectivity index (χ1) is 13.4. The third kappa shape index (κ3) is 3.26. The van der Waals surface area contributed by atoms with E-state index in [1.165, 1.54) is 0 Å². The fourth-order valence-electron chi connectivity index (χ4n) is 3.79. The van der Waals surface area contributed by atoms with Gasteiger partial charge in [-0.25, -0.2) is 4.79 Å². The highest BCUT2D eigenvalue weighted by Gasteiger charge is 2.36. The maximum atomic E-state index is 12.5. The van der Waals surface area contributed by atoms with Crippen molar-refractivity contribution in [1.29, 1.82) is 0 Å². The standard InChI is InChI=1S/C22H22N2O4/c1-13-5-7-15(8-6-13)20(25)14(2)28-22(27)16-9-10-18-17(12-16)23-21(26)19-4-3-11-24(18)19/h5-10,12,14,19H,3-4,11H2,1-2H3,(H,23,26)/t14-,19-/m0/s1. The van der Waals surface area contributed by atoms with E-state index in [9.17, 15) is 14.4 Å². The molecule has 2 aliphatic rings. The average Bonchev–Trinajstić information content (AvgIpc) is 3.18. The number of carbonyl (C=O) groups excluding carboxylic acids is 3. The summed E-state index contributed by atoms with van der Waals surface area (Å²) in [7, 11) is 0. The van der Waals surface area contributed by atoms with Crippen molar-refractivity contribution in [2.75, 3.05) is 16.8 Å². The highest BCUT2D eigenvalue weighted by atomic mass is 16.5. The van der Waals surface area contributed by atoms with Crippen LogP contribution < -0.4 is 10.2 Å². The predicted molar refractivity (Wildman–Crippen MR) is 106 cm³/mol. The van der Waals surface area contributed by atoms with Crippen LogP contribution in [-0.4, -0.2) is 36.4 Å². The minimum Gasteiger partial charge on any atom is -0.451 e. The van der Waals surface area contributed by atoms with Gasteiger partial charge >= 0.3 is 5.97 Å². The number of anilines is 2. The van der Waals surface area contributed by atoms with E-state index < -0.39 is 12.1 Å². The summed E-state index contributed by atoms with van der Waals surface area (Å²) in [6, 6.07) is 12.1. The number of nitrogens with one attached hydrogen (secondary N) is 1. The van der Waals surface area contributed by atoms with E-state index in [0.29, 0.717) is 16.8 Å². The van der Waals surface area contributed by atoms with Crippen LogP contribution in [0.5, 0.6) is 0 Å². The summed E-state index contributed by atoms with van der Waals surface area (Å²) < 4.78 is 5.37. The molecule has 1 saturated heterocycles. The number of carbonyl (C=O) groups is 3. The van der Waals surface area contributed by atoms with Gasteiger partial charge in [-0.05, 0) is 44.9 Å². The molecule has 6 nitrogen and oxygen atoms in total. The van der Waals surface area contributed by atoms with Gasteiger partial charge in [-0.2, -0.15) is 0 Å². The third-order valence-electron chi connectivity index (χ3n) is 5.34. The molecule has 2 heterocycles. The summed E-state index contributed by atoms with van der Waals surface area (Å²) in [5, 5.41) is 2.88. The van der Waals surface area contributed by atoms with E-state index in [4.69, 9.17) is 4.74 Å². The Hall–Kier alpha value is -3.15. The maximum absolute atomic E-state index is 12.5. The topological polar surface area (TPSA) is 75.7 Å². The molecule has 0 aliphatic carbocycles. The molecule has 1 N–H and O–H groups in total. The van der Waals surface area contributed by atoms with Crippen molar-refractivity contribution in [2.24, 2.45) is 0 Å². The monoisotopic (exact) mass is 378 g/mol. The second-order valence-corrected chi connectivity index (χ2v) is 7.35. The molecule has 0 unspecified atom stereocenters. The molecule has 2 aliphatic heterocycles. The molecule has 144 valence electrons. The summed E-state index contributed by atoms with van der Waals surface area (Å²) in [4.78, 5) is 39.4. The Morgan fingerprint density at radius 3 is 2.61 bits per heavy atom. The van der Waals surface area contributed by atoms with Crippen LogP contribution in [0.1, 0.15) is 46.0 Å². The molecule has 2 aromatic rings. The van der Waals surface area contributed by atoms with E-state index in [1.54, 1.807) is 31.2 Å². The van der Waals surface area contributed by atoms with E-state index >= 15 is 0 Å². The lowest BCUT2D eigenvalue weighted by Gasteiger charge is -2.33. The molecule has 0 aromatic heterocycles. The molecule has 2 atom stereocenters. The van der Waals surface area contributed by atoms with Gasteiger partial charge in [0.05, 0.1) is 16.9 Å². The molecule has 1 amide bonds. The molecule has 2 aromatic carbocycles. The predicted octanol–water partition coefficient (Wildman–Crippen LogP) is 3.34. The average molecular weight is 378 g/mol.